The van der Waals surface area contributed by atoms with Crippen molar-refractivity contribution < 1.29 is 14.3 Å². The zero-order valence-electron chi connectivity index (χ0n) is 10.6. The molecule has 94 valence electrons. The van der Waals surface area contributed by atoms with Crippen molar-refractivity contribution in [1.82, 2.24) is 4.98 Å². The van der Waals surface area contributed by atoms with Gasteiger partial charge in [-0.3, -0.25) is 4.79 Å². The van der Waals surface area contributed by atoms with Gasteiger partial charge in [0.15, 0.2) is 0 Å². The molecule has 0 radical (unpaired) electrons. The summed E-state index contributed by atoms with van der Waals surface area (Å²) < 4.78 is 9.73. The van der Waals surface area contributed by atoms with Gasteiger partial charge in [0.2, 0.25) is 5.88 Å². The maximum atomic E-state index is 11.3. The molecule has 1 aromatic heterocycles. The van der Waals surface area contributed by atoms with Crippen LogP contribution in [-0.2, 0) is 9.53 Å². The number of aromatic nitrogens is 1. The lowest BCUT2D eigenvalue weighted by Crippen LogP contribution is -2.29. The second-order valence-electron chi connectivity index (χ2n) is 3.84. The normalized spacial score (nSPS) is 11.8. The zero-order valence-corrected chi connectivity index (χ0v) is 10.6. The molecule has 0 amide bonds. The summed E-state index contributed by atoms with van der Waals surface area (Å²) >= 11 is 0. The molecular weight excluding hydrogens is 220 g/mol. The highest BCUT2D eigenvalue weighted by Gasteiger charge is 2.16. The second kappa shape index (κ2) is 6.08. The number of anilines is 1. The van der Waals surface area contributed by atoms with Crippen molar-refractivity contribution in [2.45, 2.75) is 6.92 Å². The monoisotopic (exact) mass is 238 g/mol. The van der Waals surface area contributed by atoms with Crippen LogP contribution >= 0.6 is 0 Å². The van der Waals surface area contributed by atoms with E-state index in [1.807, 2.05) is 31.0 Å². The van der Waals surface area contributed by atoms with E-state index >= 15 is 0 Å². The van der Waals surface area contributed by atoms with Gasteiger partial charge < -0.3 is 14.4 Å². The molecule has 0 aliphatic rings. The quantitative estimate of drug-likeness (QED) is 0.724. The smallest absolute Gasteiger partial charge is 0.310 e. The molecule has 5 heteroatoms. The van der Waals surface area contributed by atoms with Crippen LogP contribution in [0.2, 0.25) is 0 Å². The van der Waals surface area contributed by atoms with E-state index in [9.17, 15) is 4.79 Å². The van der Waals surface area contributed by atoms with Gasteiger partial charge in [0.25, 0.3) is 0 Å². The predicted molar refractivity (Wildman–Crippen MR) is 65.2 cm³/mol. The van der Waals surface area contributed by atoms with Crippen molar-refractivity contribution in [3.8, 4) is 5.88 Å². The minimum atomic E-state index is -0.222. The Labute approximate surface area is 101 Å². The summed E-state index contributed by atoms with van der Waals surface area (Å²) in [5.41, 5.74) is 0. The Kier molecular flexibility index (Phi) is 4.75. The summed E-state index contributed by atoms with van der Waals surface area (Å²) in [6.07, 6.45) is 0. The van der Waals surface area contributed by atoms with Crippen LogP contribution in [0.15, 0.2) is 18.2 Å². The number of carbonyl (C=O) groups is 1. The molecule has 0 saturated heterocycles. The second-order valence-corrected chi connectivity index (χ2v) is 3.84. The number of hydrogen-bond donors (Lipinski definition) is 0. The zero-order chi connectivity index (χ0) is 12.8. The van der Waals surface area contributed by atoms with Crippen LogP contribution < -0.4 is 9.64 Å². The first-order chi connectivity index (χ1) is 8.08. The largest absolute Gasteiger partial charge is 0.481 e. The van der Waals surface area contributed by atoms with Crippen molar-refractivity contribution in [3.05, 3.63) is 18.2 Å². The third kappa shape index (κ3) is 3.62. The molecule has 0 N–H and O–H groups in total. The molecule has 1 rings (SSSR count). The lowest BCUT2D eigenvalue weighted by molar-refractivity contribution is -0.144. The van der Waals surface area contributed by atoms with E-state index in [0.29, 0.717) is 12.4 Å². The van der Waals surface area contributed by atoms with Gasteiger partial charge in [-0.1, -0.05) is 13.0 Å². The molecule has 0 aliphatic carbocycles. The number of nitrogens with zero attached hydrogens (tertiary/aromatic N) is 2. The molecule has 0 spiro atoms. The van der Waals surface area contributed by atoms with E-state index in [1.54, 1.807) is 13.2 Å². The Hall–Kier alpha value is -1.78. The van der Waals surface area contributed by atoms with Crippen molar-refractivity contribution in [1.29, 1.82) is 0 Å². The van der Waals surface area contributed by atoms with E-state index in [4.69, 9.17) is 4.74 Å². The van der Waals surface area contributed by atoms with Gasteiger partial charge >= 0.3 is 5.97 Å². The number of pyridine rings is 1. The molecule has 1 atom stereocenters. The first-order valence-electron chi connectivity index (χ1n) is 5.38. The van der Waals surface area contributed by atoms with Gasteiger partial charge in [-0.05, 0) is 6.07 Å². The number of carbonyl (C=O) groups excluding carboxylic acids is 1. The Bertz CT molecular complexity index is 382. The molecule has 5 nitrogen and oxygen atoms in total. The molecule has 1 heterocycles. The minimum Gasteiger partial charge on any atom is -0.481 e. The fourth-order valence-corrected chi connectivity index (χ4v) is 1.51. The maximum Gasteiger partial charge on any atom is 0.310 e. The highest BCUT2D eigenvalue weighted by molar-refractivity contribution is 5.72. The van der Waals surface area contributed by atoms with Crippen molar-refractivity contribution in [2.75, 3.05) is 32.7 Å². The molecule has 1 aromatic rings. The topological polar surface area (TPSA) is 51.7 Å². The van der Waals surface area contributed by atoms with Gasteiger partial charge in [-0.15, -0.1) is 0 Å². The summed E-state index contributed by atoms with van der Waals surface area (Å²) in [4.78, 5) is 17.5. The maximum absolute atomic E-state index is 11.3. The first-order valence-corrected chi connectivity index (χ1v) is 5.38. The fourth-order valence-electron chi connectivity index (χ4n) is 1.51. The molecule has 0 fully saturated rings. The Morgan fingerprint density at radius 1 is 1.47 bits per heavy atom. The number of hydrogen-bond acceptors (Lipinski definition) is 5. The van der Waals surface area contributed by atoms with Crippen LogP contribution in [0, 0.1) is 5.92 Å². The van der Waals surface area contributed by atoms with Gasteiger partial charge in [0, 0.05) is 19.7 Å². The van der Waals surface area contributed by atoms with Gasteiger partial charge in [-0.25, -0.2) is 0 Å². The molecule has 17 heavy (non-hydrogen) atoms. The third-order valence-corrected chi connectivity index (χ3v) is 2.46. The summed E-state index contributed by atoms with van der Waals surface area (Å²) in [7, 11) is 4.84. The van der Waals surface area contributed by atoms with Crippen molar-refractivity contribution in [3.63, 3.8) is 0 Å². The van der Waals surface area contributed by atoms with Crippen LogP contribution in [0.1, 0.15) is 6.92 Å². The molecule has 0 aromatic carbocycles. The Morgan fingerprint density at radius 3 is 2.76 bits per heavy atom. The number of ether oxygens (including phenoxy) is 2. The van der Waals surface area contributed by atoms with E-state index in [0.717, 1.165) is 5.82 Å². The number of methoxy groups -OCH3 is 2. The minimum absolute atomic E-state index is 0.196. The lowest BCUT2D eigenvalue weighted by Gasteiger charge is -2.21. The molecule has 1 unspecified atom stereocenters. The third-order valence-electron chi connectivity index (χ3n) is 2.46. The fraction of sp³-hybridized carbons (Fsp3) is 0.500. The van der Waals surface area contributed by atoms with E-state index in [2.05, 4.69) is 9.72 Å². The number of esters is 1. The predicted octanol–water partition coefficient (Wildman–Crippen LogP) is 1.34. The van der Waals surface area contributed by atoms with Crippen LogP contribution in [0.5, 0.6) is 5.88 Å². The lowest BCUT2D eigenvalue weighted by atomic mass is 10.2. The highest BCUT2D eigenvalue weighted by Crippen LogP contribution is 2.15. The summed E-state index contributed by atoms with van der Waals surface area (Å²) in [6, 6.07) is 5.51. The van der Waals surface area contributed by atoms with Gasteiger partial charge in [-0.2, -0.15) is 4.98 Å². The molecule has 0 aliphatic heterocycles. The summed E-state index contributed by atoms with van der Waals surface area (Å²) in [6.45, 7) is 2.37. The molecular formula is C12H18N2O3. The average Bonchev–Trinajstić information content (AvgIpc) is 2.37. The SMILES string of the molecule is COC(=O)C(C)CN(C)c1cccc(OC)n1. The van der Waals surface area contributed by atoms with Crippen LogP contribution in [0.3, 0.4) is 0 Å². The van der Waals surface area contributed by atoms with Crippen LogP contribution in [-0.4, -0.2) is 38.8 Å². The van der Waals surface area contributed by atoms with E-state index in [1.165, 1.54) is 7.11 Å². The molecule has 0 saturated carbocycles. The van der Waals surface area contributed by atoms with Gasteiger partial charge in [0.05, 0.1) is 20.1 Å². The Morgan fingerprint density at radius 2 is 2.18 bits per heavy atom. The summed E-state index contributed by atoms with van der Waals surface area (Å²) in [5, 5.41) is 0. The van der Waals surface area contributed by atoms with Crippen molar-refractivity contribution in [2.24, 2.45) is 5.92 Å². The van der Waals surface area contributed by atoms with E-state index in [-0.39, 0.29) is 11.9 Å². The van der Waals surface area contributed by atoms with E-state index < -0.39 is 0 Å². The van der Waals surface area contributed by atoms with Crippen LogP contribution in [0.4, 0.5) is 5.82 Å². The first kappa shape index (κ1) is 13.3. The van der Waals surface area contributed by atoms with Crippen LogP contribution in [0.25, 0.3) is 0 Å². The number of rotatable bonds is 5. The van der Waals surface area contributed by atoms with Crippen molar-refractivity contribution >= 4 is 11.8 Å². The summed E-state index contributed by atoms with van der Waals surface area (Å²) in [5.74, 6) is 0.901. The standard InChI is InChI=1S/C12H18N2O3/c1-9(12(15)17-4)8-14(2)10-6-5-7-11(13-10)16-3/h5-7,9H,8H2,1-4H3. The molecule has 0 bridgehead atoms. The highest BCUT2D eigenvalue weighted by atomic mass is 16.5. The van der Waals surface area contributed by atoms with Gasteiger partial charge in [0.1, 0.15) is 5.82 Å². The Balaban J connectivity index is 2.68. The average molecular weight is 238 g/mol.